The maximum absolute atomic E-state index is 12.9. The number of primary amides is 1. The molecule has 2 N–H and O–H groups in total. The van der Waals surface area contributed by atoms with E-state index in [9.17, 15) is 18.0 Å². The van der Waals surface area contributed by atoms with E-state index in [0.717, 1.165) is 12.1 Å². The van der Waals surface area contributed by atoms with Crippen molar-refractivity contribution in [2.45, 2.75) is 6.18 Å². The number of hydrogen-bond acceptors (Lipinski definition) is 3. The molecule has 4 nitrogen and oxygen atoms in total. The number of benzene rings is 1. The Labute approximate surface area is 106 Å². The number of halogens is 3. The van der Waals surface area contributed by atoms with Gasteiger partial charge in [0.25, 0.3) is 0 Å². The van der Waals surface area contributed by atoms with Crippen molar-refractivity contribution in [3.63, 3.8) is 0 Å². The highest BCUT2D eigenvalue weighted by Crippen LogP contribution is 2.34. The topological polar surface area (TPSA) is 68.9 Å². The highest BCUT2D eigenvalue weighted by atomic mass is 19.4. The zero-order valence-electron chi connectivity index (χ0n) is 9.48. The molecular weight excluding hydrogens is 259 g/mol. The molecule has 7 heteroatoms. The molecule has 0 aliphatic carbocycles. The summed E-state index contributed by atoms with van der Waals surface area (Å²) in [6.45, 7) is 0. The lowest BCUT2D eigenvalue weighted by Gasteiger charge is -2.12. The number of rotatable bonds is 2. The van der Waals surface area contributed by atoms with Crippen molar-refractivity contribution in [3.8, 4) is 11.1 Å². The number of aromatic nitrogens is 2. The van der Waals surface area contributed by atoms with Gasteiger partial charge in [-0.05, 0) is 17.7 Å². The molecule has 0 aliphatic heterocycles. The Morgan fingerprint density at radius 3 is 2.26 bits per heavy atom. The maximum atomic E-state index is 12.9. The summed E-state index contributed by atoms with van der Waals surface area (Å²) in [6, 6.07) is 3.28. The van der Waals surface area contributed by atoms with Crippen LogP contribution in [0.1, 0.15) is 15.9 Å². The lowest BCUT2D eigenvalue weighted by atomic mass is 10.00. The second-order valence-electron chi connectivity index (χ2n) is 3.75. The van der Waals surface area contributed by atoms with Crippen molar-refractivity contribution >= 4 is 5.91 Å². The van der Waals surface area contributed by atoms with E-state index >= 15 is 0 Å². The average molecular weight is 267 g/mol. The Hall–Kier alpha value is -2.44. The van der Waals surface area contributed by atoms with Crippen LogP contribution < -0.4 is 5.73 Å². The zero-order valence-corrected chi connectivity index (χ0v) is 9.48. The van der Waals surface area contributed by atoms with Crippen molar-refractivity contribution in [1.29, 1.82) is 0 Å². The minimum Gasteiger partial charge on any atom is -0.366 e. The second-order valence-corrected chi connectivity index (χ2v) is 3.75. The van der Waals surface area contributed by atoms with E-state index in [1.54, 1.807) is 0 Å². The Morgan fingerprint density at radius 1 is 1.11 bits per heavy atom. The van der Waals surface area contributed by atoms with Gasteiger partial charge < -0.3 is 5.73 Å². The first kappa shape index (κ1) is 13.0. The van der Waals surface area contributed by atoms with Crippen molar-refractivity contribution < 1.29 is 18.0 Å². The summed E-state index contributed by atoms with van der Waals surface area (Å²) < 4.78 is 38.6. The predicted octanol–water partition coefficient (Wildman–Crippen LogP) is 2.26. The van der Waals surface area contributed by atoms with Gasteiger partial charge in [0.2, 0.25) is 5.91 Å². The summed E-state index contributed by atoms with van der Waals surface area (Å²) in [6.07, 6.45) is -0.624. The van der Waals surface area contributed by atoms with E-state index in [2.05, 4.69) is 9.97 Å². The quantitative estimate of drug-likeness (QED) is 0.907. The molecule has 0 saturated carbocycles. The van der Waals surface area contributed by atoms with Gasteiger partial charge in [0.05, 0.1) is 11.1 Å². The van der Waals surface area contributed by atoms with Gasteiger partial charge in [-0.2, -0.15) is 13.2 Å². The first-order valence-corrected chi connectivity index (χ1v) is 5.16. The SMILES string of the molecule is NC(=O)c1ccc(-c2cncnc2)cc1C(F)(F)F. The molecule has 98 valence electrons. The van der Waals surface area contributed by atoms with Gasteiger partial charge >= 0.3 is 6.18 Å². The fourth-order valence-electron chi connectivity index (χ4n) is 1.62. The minimum atomic E-state index is -4.66. The number of hydrogen-bond donors (Lipinski definition) is 1. The number of amides is 1. The Morgan fingerprint density at radius 2 is 1.74 bits per heavy atom. The smallest absolute Gasteiger partial charge is 0.366 e. The van der Waals surface area contributed by atoms with E-state index in [1.807, 2.05) is 0 Å². The van der Waals surface area contributed by atoms with Gasteiger partial charge in [-0.25, -0.2) is 9.97 Å². The summed E-state index contributed by atoms with van der Waals surface area (Å²) in [5, 5.41) is 0. The summed E-state index contributed by atoms with van der Waals surface area (Å²) in [7, 11) is 0. The van der Waals surface area contributed by atoms with Crippen LogP contribution in [-0.2, 0) is 6.18 Å². The van der Waals surface area contributed by atoms with Crippen LogP contribution in [0.15, 0.2) is 36.9 Å². The van der Waals surface area contributed by atoms with Crippen LogP contribution in [0, 0.1) is 0 Å². The van der Waals surface area contributed by atoms with E-state index in [-0.39, 0.29) is 5.56 Å². The van der Waals surface area contributed by atoms with Crippen molar-refractivity contribution in [2.24, 2.45) is 5.73 Å². The number of carbonyl (C=O) groups is 1. The lowest BCUT2D eigenvalue weighted by molar-refractivity contribution is -0.137. The van der Waals surface area contributed by atoms with E-state index in [4.69, 9.17) is 5.73 Å². The van der Waals surface area contributed by atoms with Crippen LogP contribution in [0.25, 0.3) is 11.1 Å². The Kier molecular flexibility index (Phi) is 3.20. The van der Waals surface area contributed by atoms with Gasteiger partial charge in [0.15, 0.2) is 0 Å². The number of nitrogens with zero attached hydrogens (tertiary/aromatic N) is 2. The Bertz CT molecular complexity index is 611. The second kappa shape index (κ2) is 4.68. The monoisotopic (exact) mass is 267 g/mol. The van der Waals surface area contributed by atoms with E-state index in [1.165, 1.54) is 24.8 Å². The maximum Gasteiger partial charge on any atom is 0.417 e. The molecule has 19 heavy (non-hydrogen) atoms. The van der Waals surface area contributed by atoms with Crippen molar-refractivity contribution in [1.82, 2.24) is 9.97 Å². The molecule has 1 amide bonds. The molecule has 1 aromatic carbocycles. The fraction of sp³-hybridized carbons (Fsp3) is 0.0833. The summed E-state index contributed by atoms with van der Waals surface area (Å²) in [5.74, 6) is -1.12. The van der Waals surface area contributed by atoms with Crippen LogP contribution in [0.5, 0.6) is 0 Å². The molecule has 0 spiro atoms. The van der Waals surface area contributed by atoms with Gasteiger partial charge in [0.1, 0.15) is 6.33 Å². The molecule has 2 rings (SSSR count). The van der Waals surface area contributed by atoms with Crippen LogP contribution in [-0.4, -0.2) is 15.9 Å². The lowest BCUT2D eigenvalue weighted by Crippen LogP contribution is -2.18. The summed E-state index contributed by atoms with van der Waals surface area (Å²) in [4.78, 5) is 18.5. The highest BCUT2D eigenvalue weighted by molar-refractivity contribution is 5.95. The van der Waals surface area contributed by atoms with Crippen LogP contribution in [0.3, 0.4) is 0 Å². The molecule has 1 heterocycles. The molecule has 0 unspecified atom stereocenters. The molecule has 0 saturated heterocycles. The third-order valence-electron chi connectivity index (χ3n) is 2.48. The summed E-state index contributed by atoms with van der Waals surface area (Å²) >= 11 is 0. The molecule has 2 aromatic rings. The van der Waals surface area contributed by atoms with E-state index in [0.29, 0.717) is 5.56 Å². The normalized spacial score (nSPS) is 11.3. The predicted molar refractivity (Wildman–Crippen MR) is 61.0 cm³/mol. The van der Waals surface area contributed by atoms with Gasteiger partial charge in [0, 0.05) is 18.0 Å². The fourth-order valence-corrected chi connectivity index (χ4v) is 1.62. The highest BCUT2D eigenvalue weighted by Gasteiger charge is 2.35. The molecular formula is C12H8F3N3O. The van der Waals surface area contributed by atoms with E-state index < -0.39 is 23.2 Å². The molecule has 0 aliphatic rings. The molecule has 0 fully saturated rings. The minimum absolute atomic E-state index is 0.262. The third kappa shape index (κ3) is 2.70. The van der Waals surface area contributed by atoms with Crippen LogP contribution in [0.2, 0.25) is 0 Å². The first-order chi connectivity index (χ1) is 8.89. The standard InChI is InChI=1S/C12H8F3N3O/c13-12(14,15)10-3-7(1-2-9(10)11(16)19)8-4-17-6-18-5-8/h1-6H,(H2,16,19). The van der Waals surface area contributed by atoms with Gasteiger partial charge in [-0.3, -0.25) is 4.79 Å². The molecule has 0 atom stereocenters. The number of nitrogens with two attached hydrogens (primary N) is 1. The third-order valence-corrected chi connectivity index (χ3v) is 2.48. The molecule has 0 bridgehead atoms. The largest absolute Gasteiger partial charge is 0.417 e. The first-order valence-electron chi connectivity index (χ1n) is 5.16. The average Bonchev–Trinajstić information content (AvgIpc) is 2.38. The van der Waals surface area contributed by atoms with Gasteiger partial charge in [-0.15, -0.1) is 0 Å². The Balaban J connectivity index is 2.60. The zero-order chi connectivity index (χ0) is 14.0. The van der Waals surface area contributed by atoms with Crippen LogP contribution in [0.4, 0.5) is 13.2 Å². The molecule has 1 aromatic heterocycles. The van der Waals surface area contributed by atoms with Gasteiger partial charge in [-0.1, -0.05) is 6.07 Å². The summed E-state index contributed by atoms with van der Waals surface area (Å²) in [5.41, 5.74) is 3.99. The van der Waals surface area contributed by atoms with Crippen molar-refractivity contribution in [3.05, 3.63) is 48.0 Å². The molecule has 0 radical (unpaired) electrons. The number of alkyl halides is 3. The van der Waals surface area contributed by atoms with Crippen LogP contribution >= 0.6 is 0 Å². The van der Waals surface area contributed by atoms with Crippen molar-refractivity contribution in [2.75, 3.05) is 0 Å². The number of carbonyl (C=O) groups excluding carboxylic acids is 1.